The van der Waals surface area contributed by atoms with Crippen LogP contribution in [0.1, 0.15) is 19.5 Å². The topological polar surface area (TPSA) is 90.3 Å². The fourth-order valence-electron chi connectivity index (χ4n) is 2.21. The Balaban J connectivity index is 2.05. The lowest BCUT2D eigenvalue weighted by Crippen LogP contribution is -2.32. The fourth-order valence-corrected chi connectivity index (χ4v) is 2.21. The van der Waals surface area contributed by atoms with Gasteiger partial charge >= 0.3 is 5.97 Å². The van der Waals surface area contributed by atoms with Crippen LogP contribution in [0.3, 0.4) is 0 Å². The molecule has 0 bridgehead atoms. The van der Waals surface area contributed by atoms with E-state index in [0.29, 0.717) is 28.9 Å². The number of rotatable bonds is 6. The molecule has 7 nitrogen and oxygen atoms in total. The number of nitrogens with one attached hydrogen (secondary N) is 1. The summed E-state index contributed by atoms with van der Waals surface area (Å²) >= 11 is 0. The van der Waals surface area contributed by atoms with Gasteiger partial charge in [0.25, 0.3) is 11.5 Å². The molecule has 2 rings (SSSR count). The maximum Gasteiger partial charge on any atom is 0.312 e. The molecule has 24 heavy (non-hydrogen) atoms. The molecule has 0 fully saturated rings. The number of ether oxygens (including phenoxy) is 1. The van der Waals surface area contributed by atoms with Gasteiger partial charge in [0.2, 0.25) is 0 Å². The molecule has 0 aliphatic carbocycles. The van der Waals surface area contributed by atoms with Crippen molar-refractivity contribution >= 4 is 22.6 Å². The fraction of sp³-hybridized carbons (Fsp3) is 0.412. The Labute approximate surface area is 139 Å². The molecule has 1 N–H and O–H groups in total. The summed E-state index contributed by atoms with van der Waals surface area (Å²) in [6, 6.07) is 6.96. The Kier molecular flexibility index (Phi) is 5.68. The highest BCUT2D eigenvalue weighted by molar-refractivity contribution is 5.87. The van der Waals surface area contributed by atoms with E-state index in [9.17, 15) is 14.4 Å². The van der Waals surface area contributed by atoms with Crippen LogP contribution in [0.2, 0.25) is 0 Å². The molecular formula is C17H21N3O4. The number of carbonyl (C=O) groups excluding carboxylic acids is 2. The standard InChI is InChI=1S/C17H21N3O4/c1-11(2)9-18-15(21)10-24-16(22)8-14-12-6-4-5-7-13(12)17(23)20(3)19-14/h4-7,11H,8-10H2,1-3H3,(H,18,21). The number of benzene rings is 1. The van der Waals surface area contributed by atoms with Crippen LogP contribution in [-0.2, 0) is 27.8 Å². The van der Waals surface area contributed by atoms with E-state index in [-0.39, 0.29) is 24.5 Å². The highest BCUT2D eigenvalue weighted by atomic mass is 16.5. The lowest BCUT2D eigenvalue weighted by Gasteiger charge is -2.09. The molecule has 0 unspecified atom stereocenters. The first-order valence-electron chi connectivity index (χ1n) is 7.75. The first-order valence-corrected chi connectivity index (χ1v) is 7.75. The third kappa shape index (κ3) is 4.41. The minimum atomic E-state index is -0.564. The highest BCUT2D eigenvalue weighted by Gasteiger charge is 2.14. The third-order valence-corrected chi connectivity index (χ3v) is 3.42. The van der Waals surface area contributed by atoms with Crippen LogP contribution in [0.15, 0.2) is 29.1 Å². The van der Waals surface area contributed by atoms with Crippen LogP contribution < -0.4 is 10.9 Å². The second kappa shape index (κ2) is 7.72. The third-order valence-electron chi connectivity index (χ3n) is 3.42. The molecule has 0 atom stereocenters. The Morgan fingerprint density at radius 1 is 1.25 bits per heavy atom. The number of hydrogen-bond acceptors (Lipinski definition) is 5. The zero-order chi connectivity index (χ0) is 17.7. The van der Waals surface area contributed by atoms with Crippen LogP contribution in [0, 0.1) is 5.92 Å². The number of esters is 1. The number of amides is 1. The summed E-state index contributed by atoms with van der Waals surface area (Å²) in [7, 11) is 1.53. The van der Waals surface area contributed by atoms with E-state index in [1.165, 1.54) is 11.7 Å². The lowest BCUT2D eigenvalue weighted by atomic mass is 10.1. The van der Waals surface area contributed by atoms with Crippen molar-refractivity contribution in [3.63, 3.8) is 0 Å². The number of aromatic nitrogens is 2. The molecule has 1 aromatic heterocycles. The Morgan fingerprint density at radius 2 is 1.92 bits per heavy atom. The van der Waals surface area contributed by atoms with Crippen molar-refractivity contribution in [3.8, 4) is 0 Å². The average Bonchev–Trinajstić information content (AvgIpc) is 2.55. The van der Waals surface area contributed by atoms with Gasteiger partial charge in [-0.25, -0.2) is 4.68 Å². The first-order chi connectivity index (χ1) is 11.4. The van der Waals surface area contributed by atoms with E-state index < -0.39 is 5.97 Å². The number of nitrogens with zero attached hydrogens (tertiary/aromatic N) is 2. The maximum atomic E-state index is 12.0. The molecule has 0 saturated heterocycles. The Bertz CT molecular complexity index is 811. The minimum Gasteiger partial charge on any atom is -0.455 e. The van der Waals surface area contributed by atoms with Crippen LogP contribution in [0.5, 0.6) is 0 Å². The van der Waals surface area contributed by atoms with Gasteiger partial charge in [-0.2, -0.15) is 5.10 Å². The van der Waals surface area contributed by atoms with Gasteiger partial charge in [0, 0.05) is 19.0 Å². The van der Waals surface area contributed by atoms with Crippen LogP contribution in [0.25, 0.3) is 10.8 Å². The molecule has 0 saturated carbocycles. The molecule has 0 spiro atoms. The summed E-state index contributed by atoms with van der Waals surface area (Å²) in [5, 5.41) is 7.91. The predicted molar refractivity (Wildman–Crippen MR) is 89.5 cm³/mol. The maximum absolute atomic E-state index is 12.0. The summed E-state index contributed by atoms with van der Waals surface area (Å²) < 4.78 is 6.18. The number of carbonyl (C=O) groups is 2. The molecule has 7 heteroatoms. The van der Waals surface area contributed by atoms with Gasteiger partial charge in [-0.3, -0.25) is 14.4 Å². The molecule has 2 aromatic rings. The zero-order valence-electron chi connectivity index (χ0n) is 14.0. The predicted octanol–water partition coefficient (Wildman–Crippen LogP) is 0.791. The van der Waals surface area contributed by atoms with Crippen molar-refractivity contribution in [3.05, 3.63) is 40.3 Å². The van der Waals surface area contributed by atoms with E-state index in [2.05, 4.69) is 10.4 Å². The van der Waals surface area contributed by atoms with Gasteiger partial charge < -0.3 is 10.1 Å². The zero-order valence-corrected chi connectivity index (χ0v) is 14.0. The summed E-state index contributed by atoms with van der Waals surface area (Å²) in [4.78, 5) is 35.6. The van der Waals surface area contributed by atoms with Gasteiger partial charge in [-0.1, -0.05) is 32.0 Å². The summed E-state index contributed by atoms with van der Waals surface area (Å²) in [6.45, 7) is 4.16. The Morgan fingerprint density at radius 3 is 2.58 bits per heavy atom. The molecule has 0 radical (unpaired) electrons. The van der Waals surface area contributed by atoms with Crippen molar-refractivity contribution in [2.75, 3.05) is 13.2 Å². The van der Waals surface area contributed by atoms with E-state index in [1.54, 1.807) is 24.3 Å². The van der Waals surface area contributed by atoms with Gasteiger partial charge in [0.15, 0.2) is 6.61 Å². The van der Waals surface area contributed by atoms with E-state index in [1.807, 2.05) is 13.8 Å². The van der Waals surface area contributed by atoms with Crippen molar-refractivity contribution in [2.24, 2.45) is 13.0 Å². The average molecular weight is 331 g/mol. The molecular weight excluding hydrogens is 310 g/mol. The highest BCUT2D eigenvalue weighted by Crippen LogP contribution is 2.13. The smallest absolute Gasteiger partial charge is 0.312 e. The van der Waals surface area contributed by atoms with E-state index >= 15 is 0 Å². The van der Waals surface area contributed by atoms with Gasteiger partial charge in [-0.15, -0.1) is 0 Å². The summed E-state index contributed by atoms with van der Waals surface area (Å²) in [5.41, 5.74) is 0.219. The number of hydrogen-bond donors (Lipinski definition) is 1. The molecule has 128 valence electrons. The van der Waals surface area contributed by atoms with E-state index in [0.717, 1.165) is 0 Å². The quantitative estimate of drug-likeness (QED) is 0.791. The summed E-state index contributed by atoms with van der Waals surface area (Å²) in [5.74, 6) is -0.577. The van der Waals surface area contributed by atoms with Crippen molar-refractivity contribution in [1.82, 2.24) is 15.1 Å². The normalized spacial score (nSPS) is 10.8. The second-order valence-corrected chi connectivity index (χ2v) is 5.96. The molecule has 0 aliphatic rings. The van der Waals surface area contributed by atoms with Crippen LogP contribution >= 0.6 is 0 Å². The molecule has 1 heterocycles. The van der Waals surface area contributed by atoms with Crippen molar-refractivity contribution in [1.29, 1.82) is 0 Å². The van der Waals surface area contributed by atoms with Gasteiger partial charge in [0.05, 0.1) is 17.5 Å². The Hall–Kier alpha value is -2.70. The van der Waals surface area contributed by atoms with Gasteiger partial charge in [0.1, 0.15) is 0 Å². The largest absolute Gasteiger partial charge is 0.455 e. The van der Waals surface area contributed by atoms with Crippen molar-refractivity contribution < 1.29 is 14.3 Å². The molecule has 0 aliphatic heterocycles. The first kappa shape index (κ1) is 17.7. The minimum absolute atomic E-state index is 0.105. The van der Waals surface area contributed by atoms with Crippen LogP contribution in [-0.4, -0.2) is 34.8 Å². The second-order valence-electron chi connectivity index (χ2n) is 5.96. The lowest BCUT2D eigenvalue weighted by molar-refractivity contribution is -0.147. The van der Waals surface area contributed by atoms with Gasteiger partial charge in [-0.05, 0) is 12.0 Å². The number of aryl methyl sites for hydroxylation is 1. The van der Waals surface area contributed by atoms with Crippen LogP contribution in [0.4, 0.5) is 0 Å². The van der Waals surface area contributed by atoms with E-state index in [4.69, 9.17) is 4.74 Å². The van der Waals surface area contributed by atoms with Crippen molar-refractivity contribution in [2.45, 2.75) is 20.3 Å². The SMILES string of the molecule is CC(C)CNC(=O)COC(=O)Cc1nn(C)c(=O)c2ccccc12. The number of fused-ring (bicyclic) bond motifs is 1. The molecule has 1 amide bonds. The monoisotopic (exact) mass is 331 g/mol. The summed E-state index contributed by atoms with van der Waals surface area (Å²) in [6.07, 6.45) is -0.105. The molecule has 1 aromatic carbocycles.